The fourth-order valence-electron chi connectivity index (χ4n) is 11.0. The van der Waals surface area contributed by atoms with Crippen LogP contribution in [0.4, 0.5) is 11.5 Å². The van der Waals surface area contributed by atoms with Gasteiger partial charge in [0, 0.05) is 81.0 Å². The predicted octanol–water partition coefficient (Wildman–Crippen LogP) is 5.08. The first-order valence-corrected chi connectivity index (χ1v) is 22.0. The first-order chi connectivity index (χ1) is 30.2. The largest absolute Gasteiger partial charge is 0.457 e. The van der Waals surface area contributed by atoms with Gasteiger partial charge in [0.15, 0.2) is 5.65 Å². The van der Waals surface area contributed by atoms with Crippen molar-refractivity contribution in [2.75, 3.05) is 56.4 Å². The summed E-state index contributed by atoms with van der Waals surface area (Å²) in [6.07, 6.45) is 9.16. The highest BCUT2D eigenvalue weighted by molar-refractivity contribution is 6.23. The second-order valence-corrected chi connectivity index (χ2v) is 18.3. The number of aldehydes is 1. The second-order valence-electron chi connectivity index (χ2n) is 18.3. The van der Waals surface area contributed by atoms with E-state index in [1.54, 1.807) is 6.07 Å². The van der Waals surface area contributed by atoms with Gasteiger partial charge in [-0.3, -0.25) is 29.1 Å². The molecule has 7 heterocycles. The Hall–Kier alpha value is -6.19. The van der Waals surface area contributed by atoms with Crippen molar-refractivity contribution in [1.29, 1.82) is 0 Å². The molecule has 1 unspecified atom stereocenters. The third-order valence-electron chi connectivity index (χ3n) is 14.7. The Morgan fingerprint density at radius 1 is 0.774 bits per heavy atom. The molecule has 5 aromatic rings. The average Bonchev–Trinajstić information content (AvgIpc) is 3.79. The molecule has 6 aliphatic rings. The number of benzene rings is 3. The van der Waals surface area contributed by atoms with Gasteiger partial charge >= 0.3 is 0 Å². The van der Waals surface area contributed by atoms with E-state index >= 15 is 0 Å². The molecule has 1 spiro atoms. The van der Waals surface area contributed by atoms with Crippen LogP contribution in [-0.4, -0.2) is 122 Å². The standard InChI is InChI=1S/C47H50N10O5/c48-42-40-41(30-6-9-36(10-7-30)62-35-4-2-1-3-5-35)52-57(43(40)51-29-50-42)32-15-20-53(21-16-32)34-23-54(24-34)31-12-17-46(18-13-31)26-55(27-46)33-8-11-37-38(22-33)45(61)56(44(37)60)47(28-58)19-14-39(59)49-25-47/h1-11,22,28-29,31-32,34H,12-21,23-27H2,(H,49,59)(H2,48,50,51). The molecule has 62 heavy (non-hydrogen) atoms. The van der Waals surface area contributed by atoms with Gasteiger partial charge in [0.2, 0.25) is 5.91 Å². The Morgan fingerprint density at radius 3 is 2.21 bits per heavy atom. The number of hydrogen-bond donors (Lipinski definition) is 2. The van der Waals surface area contributed by atoms with Crippen LogP contribution in [-0.2, 0) is 9.59 Å². The number of amides is 3. The minimum atomic E-state index is -1.35. The molecular formula is C47H50N10O5. The predicted molar refractivity (Wildman–Crippen MR) is 232 cm³/mol. The maximum absolute atomic E-state index is 13.6. The van der Waals surface area contributed by atoms with Gasteiger partial charge in [-0.15, -0.1) is 0 Å². The Balaban J connectivity index is 0.667. The summed E-state index contributed by atoms with van der Waals surface area (Å²) in [5.74, 6) is 0.856. The summed E-state index contributed by atoms with van der Waals surface area (Å²) in [6, 6.07) is 24.6. The minimum Gasteiger partial charge on any atom is -0.457 e. The molecule has 4 saturated heterocycles. The van der Waals surface area contributed by atoms with Crippen molar-refractivity contribution in [3.8, 4) is 22.8 Å². The number of aromatic nitrogens is 4. The van der Waals surface area contributed by atoms with Crippen LogP contribution in [0.1, 0.15) is 78.1 Å². The van der Waals surface area contributed by atoms with Crippen LogP contribution in [0.25, 0.3) is 22.3 Å². The molecule has 5 aliphatic heterocycles. The first-order valence-electron chi connectivity index (χ1n) is 22.0. The molecule has 11 rings (SSSR count). The third kappa shape index (κ3) is 6.51. The number of anilines is 2. The zero-order valence-corrected chi connectivity index (χ0v) is 34.6. The Morgan fingerprint density at radius 2 is 1.50 bits per heavy atom. The van der Waals surface area contributed by atoms with E-state index in [9.17, 15) is 19.2 Å². The fourth-order valence-corrected chi connectivity index (χ4v) is 11.0. The Labute approximate surface area is 359 Å². The molecular weight excluding hydrogens is 785 g/mol. The lowest BCUT2D eigenvalue weighted by Gasteiger charge is -2.57. The van der Waals surface area contributed by atoms with E-state index in [1.807, 2.05) is 66.7 Å². The van der Waals surface area contributed by atoms with Crippen molar-refractivity contribution < 1.29 is 23.9 Å². The minimum absolute atomic E-state index is 0.0523. The molecule has 318 valence electrons. The quantitative estimate of drug-likeness (QED) is 0.149. The van der Waals surface area contributed by atoms with Gasteiger partial charge in [-0.25, -0.2) is 14.6 Å². The summed E-state index contributed by atoms with van der Waals surface area (Å²) in [4.78, 5) is 68.8. The summed E-state index contributed by atoms with van der Waals surface area (Å²) in [6.45, 7) is 6.10. The number of nitrogens with zero attached hydrogens (tertiary/aromatic N) is 8. The van der Waals surface area contributed by atoms with Crippen LogP contribution >= 0.6 is 0 Å². The summed E-state index contributed by atoms with van der Waals surface area (Å²) >= 11 is 0. The highest BCUT2D eigenvalue weighted by Gasteiger charge is 2.52. The van der Waals surface area contributed by atoms with E-state index in [2.05, 4.69) is 34.7 Å². The zero-order valence-electron chi connectivity index (χ0n) is 34.6. The zero-order chi connectivity index (χ0) is 42.2. The van der Waals surface area contributed by atoms with Gasteiger partial charge in [0.05, 0.1) is 22.6 Å². The van der Waals surface area contributed by atoms with Crippen molar-refractivity contribution in [3.63, 3.8) is 0 Å². The van der Waals surface area contributed by atoms with E-state index < -0.39 is 17.4 Å². The van der Waals surface area contributed by atoms with Crippen molar-refractivity contribution in [3.05, 3.63) is 90.3 Å². The fraction of sp³-hybridized carbons (Fsp3) is 0.426. The van der Waals surface area contributed by atoms with Gasteiger partial charge in [-0.05, 0) is 99.5 Å². The van der Waals surface area contributed by atoms with Gasteiger partial charge in [-0.2, -0.15) is 5.10 Å². The molecule has 15 nitrogen and oxygen atoms in total. The van der Waals surface area contributed by atoms with E-state index in [1.165, 1.54) is 32.0 Å². The van der Waals surface area contributed by atoms with Crippen LogP contribution in [0.15, 0.2) is 79.1 Å². The van der Waals surface area contributed by atoms with E-state index in [-0.39, 0.29) is 36.8 Å². The number of para-hydroxylation sites is 1. The number of imide groups is 1. The number of hydrogen-bond acceptors (Lipinski definition) is 12. The maximum Gasteiger partial charge on any atom is 0.262 e. The van der Waals surface area contributed by atoms with Crippen LogP contribution < -0.4 is 20.7 Å². The first kappa shape index (κ1) is 38.7. The van der Waals surface area contributed by atoms with Gasteiger partial charge in [-0.1, -0.05) is 18.2 Å². The van der Waals surface area contributed by atoms with Crippen LogP contribution in [0.5, 0.6) is 11.5 Å². The topological polar surface area (TPSA) is 172 Å². The van der Waals surface area contributed by atoms with Crippen molar-refractivity contribution >= 4 is 46.5 Å². The van der Waals surface area contributed by atoms with Crippen molar-refractivity contribution in [1.82, 2.24) is 39.8 Å². The lowest BCUT2D eigenvalue weighted by molar-refractivity contribution is -0.127. The average molecular weight is 835 g/mol. The molecule has 2 aromatic heterocycles. The number of ether oxygens (including phenoxy) is 1. The normalized spacial score (nSPS) is 23.6. The molecule has 0 radical (unpaired) electrons. The number of fused-ring (bicyclic) bond motifs is 2. The number of carbonyl (C=O) groups is 4. The SMILES string of the molecule is Nc1ncnc2c1c(-c1ccc(Oc3ccccc3)cc1)nn2C1CCN(C2CN(C3CCC4(CC3)CN(c3ccc5c(c3)C(=O)N(C3(C=O)CCC(=O)NC3)C5=O)C4)C2)CC1. The highest BCUT2D eigenvalue weighted by atomic mass is 16.5. The third-order valence-corrected chi connectivity index (χ3v) is 14.7. The summed E-state index contributed by atoms with van der Waals surface area (Å²) in [5.41, 5.74) is 9.49. The number of piperidine rings is 2. The molecule has 3 aromatic carbocycles. The molecule has 1 saturated carbocycles. The monoisotopic (exact) mass is 834 g/mol. The maximum atomic E-state index is 13.6. The molecule has 3 amide bonds. The molecule has 0 bridgehead atoms. The lowest BCUT2D eigenvalue weighted by atomic mass is 9.66. The van der Waals surface area contributed by atoms with Gasteiger partial charge < -0.3 is 25.5 Å². The van der Waals surface area contributed by atoms with E-state index in [0.717, 1.165) is 96.5 Å². The number of rotatable bonds is 9. The molecule has 1 aliphatic carbocycles. The van der Waals surface area contributed by atoms with Crippen LogP contribution in [0.2, 0.25) is 0 Å². The highest BCUT2D eigenvalue weighted by Crippen LogP contribution is 2.48. The lowest BCUT2D eigenvalue weighted by Crippen LogP contribution is -2.65. The number of nitrogen functional groups attached to an aromatic ring is 1. The smallest absolute Gasteiger partial charge is 0.262 e. The summed E-state index contributed by atoms with van der Waals surface area (Å²) < 4.78 is 8.11. The van der Waals surface area contributed by atoms with Crippen molar-refractivity contribution in [2.45, 2.75) is 75.0 Å². The van der Waals surface area contributed by atoms with Gasteiger partial charge in [0.25, 0.3) is 11.8 Å². The van der Waals surface area contributed by atoms with E-state index in [0.29, 0.717) is 35.3 Å². The number of likely N-dealkylation sites (tertiary alicyclic amines) is 2. The molecule has 3 N–H and O–H groups in total. The molecule has 5 fully saturated rings. The van der Waals surface area contributed by atoms with Crippen molar-refractivity contribution in [2.24, 2.45) is 5.41 Å². The number of nitrogens with one attached hydrogen (secondary N) is 1. The number of carbonyl (C=O) groups excluding carboxylic acids is 4. The van der Waals surface area contributed by atoms with Crippen LogP contribution in [0, 0.1) is 5.41 Å². The van der Waals surface area contributed by atoms with Gasteiger partial charge in [0.1, 0.15) is 41.2 Å². The molecule has 1 atom stereocenters. The Kier molecular flexibility index (Phi) is 9.37. The summed E-state index contributed by atoms with van der Waals surface area (Å²) in [7, 11) is 0. The number of nitrogens with two attached hydrogens (primary N) is 1. The Bertz CT molecular complexity index is 2560. The summed E-state index contributed by atoms with van der Waals surface area (Å²) in [5, 5.41) is 8.59. The van der Waals surface area contributed by atoms with E-state index in [4.69, 9.17) is 15.6 Å². The van der Waals surface area contributed by atoms with Crippen LogP contribution in [0.3, 0.4) is 0 Å². The second kappa shape index (κ2) is 15.0. The molecule has 15 heteroatoms.